The molecule has 1 heterocycles. The van der Waals surface area contributed by atoms with Crippen LogP contribution in [0.5, 0.6) is 5.75 Å². The molecule has 0 radical (unpaired) electrons. The van der Waals surface area contributed by atoms with Gasteiger partial charge in [0.05, 0.1) is 5.69 Å². The predicted molar refractivity (Wildman–Crippen MR) is 121 cm³/mol. The number of aliphatic imine (C=N–C) groups is 1. The van der Waals surface area contributed by atoms with Crippen LogP contribution in [-0.4, -0.2) is 55.7 Å². The van der Waals surface area contributed by atoms with Gasteiger partial charge in [0.15, 0.2) is 5.96 Å². The highest BCUT2D eigenvalue weighted by Gasteiger charge is 2.25. The van der Waals surface area contributed by atoms with Crippen molar-refractivity contribution in [3.8, 4) is 5.75 Å². The summed E-state index contributed by atoms with van der Waals surface area (Å²) in [5, 5.41) is 18.8. The van der Waals surface area contributed by atoms with Crippen molar-refractivity contribution in [3.05, 3.63) is 59.7 Å². The number of nitrogens with zero attached hydrogens (tertiary/aromatic N) is 2. The standard InChI is InChI=1S/C23H29F2N5O2/c1-2-26-23(28-11-4-10-27-22(32)16-5-3-6-19(31)13-16)29-18-9-12-30(15-18)21-8-7-17(24)14-20(21)25/h3,5-8,13-14,18,31H,2,4,9-12,15H2,1H3,(H,27,32)(H2,26,28,29). The van der Waals surface area contributed by atoms with Crippen LogP contribution >= 0.6 is 0 Å². The van der Waals surface area contributed by atoms with Gasteiger partial charge in [-0.05, 0) is 50.1 Å². The molecule has 32 heavy (non-hydrogen) atoms. The molecule has 0 saturated carbocycles. The van der Waals surface area contributed by atoms with Gasteiger partial charge in [-0.15, -0.1) is 0 Å². The largest absolute Gasteiger partial charge is 0.508 e. The molecule has 0 bridgehead atoms. The van der Waals surface area contributed by atoms with Crippen molar-refractivity contribution in [2.75, 3.05) is 37.6 Å². The number of rotatable bonds is 8. The molecule has 1 amide bonds. The van der Waals surface area contributed by atoms with Gasteiger partial charge >= 0.3 is 0 Å². The number of hydrogen-bond donors (Lipinski definition) is 4. The van der Waals surface area contributed by atoms with Crippen molar-refractivity contribution in [1.82, 2.24) is 16.0 Å². The molecular weight excluding hydrogens is 416 g/mol. The highest BCUT2D eigenvalue weighted by molar-refractivity contribution is 5.94. The van der Waals surface area contributed by atoms with Crippen LogP contribution in [0.4, 0.5) is 14.5 Å². The molecule has 1 aliphatic heterocycles. The quantitative estimate of drug-likeness (QED) is 0.285. The fraction of sp³-hybridized carbons (Fsp3) is 0.391. The molecule has 9 heteroatoms. The van der Waals surface area contributed by atoms with Crippen LogP contribution < -0.4 is 20.9 Å². The minimum atomic E-state index is -0.584. The lowest BCUT2D eigenvalue weighted by Gasteiger charge is -2.21. The van der Waals surface area contributed by atoms with Crippen molar-refractivity contribution >= 4 is 17.6 Å². The van der Waals surface area contributed by atoms with Gasteiger partial charge < -0.3 is 26.0 Å². The van der Waals surface area contributed by atoms with Crippen LogP contribution in [0, 0.1) is 11.6 Å². The van der Waals surface area contributed by atoms with E-state index in [1.807, 2.05) is 11.8 Å². The third kappa shape index (κ3) is 6.57. The number of guanidine groups is 1. The van der Waals surface area contributed by atoms with E-state index >= 15 is 0 Å². The first-order chi connectivity index (χ1) is 15.5. The first-order valence-electron chi connectivity index (χ1n) is 10.8. The van der Waals surface area contributed by atoms with Gasteiger partial charge in [0.2, 0.25) is 0 Å². The van der Waals surface area contributed by atoms with Crippen molar-refractivity contribution in [2.45, 2.75) is 25.8 Å². The topological polar surface area (TPSA) is 89.0 Å². The molecular formula is C23H29F2N5O2. The first-order valence-corrected chi connectivity index (χ1v) is 10.8. The zero-order valence-corrected chi connectivity index (χ0v) is 18.1. The smallest absolute Gasteiger partial charge is 0.251 e. The second kappa shape index (κ2) is 11.3. The fourth-order valence-electron chi connectivity index (χ4n) is 3.57. The molecule has 172 valence electrons. The van der Waals surface area contributed by atoms with Gasteiger partial charge in [-0.1, -0.05) is 6.07 Å². The van der Waals surface area contributed by atoms with E-state index in [2.05, 4.69) is 20.9 Å². The first kappa shape index (κ1) is 23.3. The van der Waals surface area contributed by atoms with Gasteiger partial charge in [0.1, 0.15) is 17.4 Å². The number of amides is 1. The molecule has 1 unspecified atom stereocenters. The number of halogens is 2. The zero-order valence-electron chi connectivity index (χ0n) is 18.1. The molecule has 0 aliphatic carbocycles. The third-order valence-corrected chi connectivity index (χ3v) is 5.12. The Morgan fingerprint density at radius 1 is 1.22 bits per heavy atom. The number of anilines is 1. The number of carbonyl (C=O) groups excluding carboxylic acids is 1. The molecule has 7 nitrogen and oxygen atoms in total. The molecule has 2 aromatic rings. The summed E-state index contributed by atoms with van der Waals surface area (Å²) in [4.78, 5) is 18.5. The highest BCUT2D eigenvalue weighted by atomic mass is 19.1. The Bertz CT molecular complexity index is 954. The summed E-state index contributed by atoms with van der Waals surface area (Å²) in [6.45, 7) is 4.90. The van der Waals surface area contributed by atoms with Crippen molar-refractivity contribution in [3.63, 3.8) is 0 Å². The Kier molecular flexibility index (Phi) is 8.24. The van der Waals surface area contributed by atoms with Gasteiger partial charge in [0, 0.05) is 50.4 Å². The van der Waals surface area contributed by atoms with E-state index in [0.29, 0.717) is 56.4 Å². The third-order valence-electron chi connectivity index (χ3n) is 5.12. The van der Waals surface area contributed by atoms with Gasteiger partial charge in [0.25, 0.3) is 5.91 Å². The minimum Gasteiger partial charge on any atom is -0.508 e. The summed E-state index contributed by atoms with van der Waals surface area (Å²) in [6, 6.07) is 9.93. The summed E-state index contributed by atoms with van der Waals surface area (Å²) in [7, 11) is 0. The van der Waals surface area contributed by atoms with E-state index in [4.69, 9.17) is 0 Å². The maximum absolute atomic E-state index is 14.1. The lowest BCUT2D eigenvalue weighted by molar-refractivity contribution is 0.0953. The average molecular weight is 446 g/mol. The lowest BCUT2D eigenvalue weighted by Crippen LogP contribution is -2.44. The van der Waals surface area contributed by atoms with Crippen LogP contribution in [0.25, 0.3) is 0 Å². The van der Waals surface area contributed by atoms with Gasteiger partial charge in [-0.2, -0.15) is 0 Å². The molecule has 1 atom stereocenters. The second-order valence-electron chi connectivity index (χ2n) is 7.59. The van der Waals surface area contributed by atoms with Crippen LogP contribution in [0.15, 0.2) is 47.5 Å². The average Bonchev–Trinajstić information content (AvgIpc) is 3.21. The minimum absolute atomic E-state index is 0.0521. The molecule has 0 aromatic heterocycles. The van der Waals surface area contributed by atoms with E-state index in [1.165, 1.54) is 24.3 Å². The van der Waals surface area contributed by atoms with Gasteiger partial charge in [-0.25, -0.2) is 8.78 Å². The number of phenols is 1. The molecule has 3 rings (SSSR count). The monoisotopic (exact) mass is 445 g/mol. The number of phenolic OH excluding ortho intramolecular Hbond substituents is 1. The van der Waals surface area contributed by atoms with E-state index < -0.39 is 11.6 Å². The second-order valence-corrected chi connectivity index (χ2v) is 7.59. The summed E-state index contributed by atoms with van der Waals surface area (Å²) in [6.07, 6.45) is 1.46. The SMILES string of the molecule is CCNC(=NCCCNC(=O)c1cccc(O)c1)NC1CCN(c2ccc(F)cc2F)C1. The van der Waals surface area contributed by atoms with Crippen molar-refractivity contribution in [1.29, 1.82) is 0 Å². The van der Waals surface area contributed by atoms with E-state index in [-0.39, 0.29) is 17.7 Å². The van der Waals surface area contributed by atoms with Crippen LogP contribution in [0.1, 0.15) is 30.1 Å². The van der Waals surface area contributed by atoms with E-state index in [1.54, 1.807) is 12.1 Å². The molecule has 0 spiro atoms. The maximum atomic E-state index is 14.1. The van der Waals surface area contributed by atoms with Crippen LogP contribution in [0.2, 0.25) is 0 Å². The molecule has 1 aliphatic rings. The fourth-order valence-corrected chi connectivity index (χ4v) is 3.57. The number of hydrogen-bond acceptors (Lipinski definition) is 4. The summed E-state index contributed by atoms with van der Waals surface area (Å²) in [5.74, 6) is -0.665. The van der Waals surface area contributed by atoms with E-state index in [0.717, 1.165) is 12.5 Å². The molecule has 4 N–H and O–H groups in total. The van der Waals surface area contributed by atoms with Crippen molar-refractivity contribution < 1.29 is 18.7 Å². The number of carbonyl (C=O) groups is 1. The maximum Gasteiger partial charge on any atom is 0.251 e. The Morgan fingerprint density at radius 3 is 2.81 bits per heavy atom. The normalized spacial score (nSPS) is 16.2. The molecule has 1 saturated heterocycles. The Labute approximate surface area is 186 Å². The Hall–Kier alpha value is -3.36. The number of nitrogens with one attached hydrogen (secondary N) is 3. The summed E-state index contributed by atoms with van der Waals surface area (Å²) >= 11 is 0. The lowest BCUT2D eigenvalue weighted by atomic mass is 10.2. The molecule has 2 aromatic carbocycles. The van der Waals surface area contributed by atoms with Crippen molar-refractivity contribution in [2.24, 2.45) is 4.99 Å². The van der Waals surface area contributed by atoms with Crippen LogP contribution in [-0.2, 0) is 0 Å². The van der Waals surface area contributed by atoms with Crippen LogP contribution in [0.3, 0.4) is 0 Å². The summed E-state index contributed by atoms with van der Waals surface area (Å²) in [5.41, 5.74) is 0.812. The molecule has 1 fully saturated rings. The highest BCUT2D eigenvalue weighted by Crippen LogP contribution is 2.24. The number of benzene rings is 2. The van der Waals surface area contributed by atoms with Gasteiger partial charge in [-0.3, -0.25) is 9.79 Å². The Balaban J connectivity index is 1.45. The number of aromatic hydroxyl groups is 1. The zero-order chi connectivity index (χ0) is 22.9. The predicted octanol–water partition coefficient (Wildman–Crippen LogP) is 2.62. The Morgan fingerprint density at radius 2 is 2.06 bits per heavy atom. The summed E-state index contributed by atoms with van der Waals surface area (Å²) < 4.78 is 27.2. The van der Waals surface area contributed by atoms with E-state index in [9.17, 15) is 18.7 Å².